The number of ether oxygens (including phenoxy) is 1. The molecule has 254 valence electrons. The molecule has 0 unspecified atom stereocenters. The molecule has 0 radical (unpaired) electrons. The van der Waals surface area contributed by atoms with E-state index in [0.29, 0.717) is 30.2 Å². The van der Waals surface area contributed by atoms with Gasteiger partial charge in [0.2, 0.25) is 0 Å². The number of rotatable bonds is 10. The fourth-order valence-corrected chi connectivity index (χ4v) is 6.24. The maximum Gasteiger partial charge on any atom is 0.430 e. The monoisotopic (exact) mass is 680 g/mol. The first kappa shape index (κ1) is 36.4. The quantitative estimate of drug-likeness (QED) is 0.149. The molecule has 1 aliphatic rings. The summed E-state index contributed by atoms with van der Waals surface area (Å²) in [7, 11) is 4.51. The van der Waals surface area contributed by atoms with Crippen LogP contribution in [0.5, 0.6) is 11.5 Å². The van der Waals surface area contributed by atoms with Crippen molar-refractivity contribution in [1.29, 1.82) is 0 Å². The lowest BCUT2D eigenvalue weighted by Crippen LogP contribution is -2.40. The number of phenols is 1. The molecule has 1 N–H and O–H groups in total. The van der Waals surface area contributed by atoms with Gasteiger partial charge in [-0.1, -0.05) is 54.2 Å². The van der Waals surface area contributed by atoms with Crippen LogP contribution in [0.2, 0.25) is 0 Å². The predicted octanol–water partition coefficient (Wildman–Crippen LogP) is 6.66. The fourth-order valence-electron chi connectivity index (χ4n) is 5.26. The molecule has 0 fully saturated rings. The van der Waals surface area contributed by atoms with Crippen molar-refractivity contribution in [3.63, 3.8) is 0 Å². The number of hydrogen-bond donors (Lipinski definition) is 1. The van der Waals surface area contributed by atoms with Crippen LogP contribution in [0.15, 0.2) is 94.7 Å². The van der Waals surface area contributed by atoms with Gasteiger partial charge in [-0.2, -0.15) is 13.2 Å². The van der Waals surface area contributed by atoms with Gasteiger partial charge in [0.05, 0.1) is 32.1 Å². The molecule has 11 heteroatoms. The second kappa shape index (κ2) is 15.6. The summed E-state index contributed by atoms with van der Waals surface area (Å²) in [5.74, 6) is -2.02. The third-order valence-corrected chi connectivity index (χ3v) is 9.00. The van der Waals surface area contributed by atoms with Crippen molar-refractivity contribution < 1.29 is 42.2 Å². The Morgan fingerprint density at radius 3 is 2.27 bits per heavy atom. The molecule has 1 heterocycles. The molecule has 0 saturated carbocycles. The number of nitrogens with zero attached hydrogens (tertiary/aromatic N) is 2. The zero-order valence-corrected chi connectivity index (χ0v) is 28.2. The van der Waals surface area contributed by atoms with Gasteiger partial charge in [-0.05, 0) is 78.6 Å². The fraction of sp³-hybridized carbons (Fsp3) is 0.297. The molecule has 0 aromatic heterocycles. The van der Waals surface area contributed by atoms with Crippen molar-refractivity contribution in [2.75, 3.05) is 27.2 Å². The Balaban J connectivity index is 0.000000671. The predicted molar refractivity (Wildman–Crippen MR) is 176 cm³/mol. The Bertz CT molecular complexity index is 1750. The van der Waals surface area contributed by atoms with Crippen LogP contribution in [0.4, 0.5) is 13.2 Å². The minimum atomic E-state index is -5.19. The van der Waals surface area contributed by atoms with Crippen LogP contribution >= 0.6 is 11.8 Å². The van der Waals surface area contributed by atoms with E-state index in [4.69, 9.17) is 14.6 Å². The molecule has 0 bridgehead atoms. The molecule has 1 amide bonds. The minimum Gasteiger partial charge on any atom is -0.542 e. The summed E-state index contributed by atoms with van der Waals surface area (Å²) in [6.07, 6.45) is -4.23. The molecule has 7 nitrogen and oxygen atoms in total. The van der Waals surface area contributed by atoms with Crippen molar-refractivity contribution in [3.05, 3.63) is 118 Å². The van der Waals surface area contributed by atoms with Crippen molar-refractivity contribution in [2.24, 2.45) is 0 Å². The number of carboxylic acid groups (broad SMARTS) is 1. The van der Waals surface area contributed by atoms with Gasteiger partial charge >= 0.3 is 6.18 Å². The average Bonchev–Trinajstić information content (AvgIpc) is 3.46. The number of quaternary nitrogens is 1. The highest BCUT2D eigenvalue weighted by molar-refractivity contribution is 7.99. The van der Waals surface area contributed by atoms with E-state index in [9.17, 15) is 23.1 Å². The number of hydrogen-bond acceptors (Lipinski definition) is 6. The van der Waals surface area contributed by atoms with Gasteiger partial charge in [-0.15, -0.1) is 0 Å². The SMILES string of the molecule is Cc1ccc(Sc2cc(C(=O)N3Cc4ccc(OCCC[N+](C)(C)Cc5ccccc5)cc4C3)ccc2O)cc1C.O=C([O-])C(F)(F)F. The van der Waals surface area contributed by atoms with Crippen LogP contribution in [0, 0.1) is 13.8 Å². The number of amides is 1. The number of carboxylic acids is 1. The summed E-state index contributed by atoms with van der Waals surface area (Å²) in [5.41, 5.74) is 6.63. The van der Waals surface area contributed by atoms with Gasteiger partial charge < -0.3 is 29.1 Å². The Morgan fingerprint density at radius 2 is 1.60 bits per heavy atom. The first-order valence-corrected chi connectivity index (χ1v) is 16.2. The van der Waals surface area contributed by atoms with Crippen molar-refractivity contribution >= 4 is 23.6 Å². The Morgan fingerprint density at radius 1 is 0.917 bits per heavy atom. The van der Waals surface area contributed by atoms with Crippen molar-refractivity contribution in [2.45, 2.75) is 55.9 Å². The number of alkyl halides is 3. The molecular formula is C37H39F3N2O5S. The van der Waals surface area contributed by atoms with Crippen molar-refractivity contribution in [1.82, 2.24) is 4.90 Å². The van der Waals surface area contributed by atoms with E-state index < -0.39 is 12.1 Å². The molecule has 0 atom stereocenters. The number of benzene rings is 4. The molecule has 0 aliphatic carbocycles. The summed E-state index contributed by atoms with van der Waals surface area (Å²) < 4.78 is 38.6. The average molecular weight is 681 g/mol. The van der Waals surface area contributed by atoms with E-state index in [-0.39, 0.29) is 11.7 Å². The van der Waals surface area contributed by atoms with Crippen molar-refractivity contribution in [3.8, 4) is 11.5 Å². The Labute approximate surface area is 283 Å². The van der Waals surface area contributed by atoms with Crippen LogP contribution in [-0.2, 0) is 24.4 Å². The van der Waals surface area contributed by atoms with E-state index in [1.54, 1.807) is 18.2 Å². The third kappa shape index (κ3) is 10.3. The third-order valence-electron chi connectivity index (χ3n) is 7.96. The highest BCUT2D eigenvalue weighted by atomic mass is 32.2. The second-order valence-electron chi connectivity index (χ2n) is 12.4. The van der Waals surface area contributed by atoms with E-state index in [1.807, 2.05) is 17.0 Å². The van der Waals surface area contributed by atoms with E-state index in [2.05, 4.69) is 82.5 Å². The second-order valence-corrected chi connectivity index (χ2v) is 13.5. The minimum absolute atomic E-state index is 0.0379. The number of aliphatic carboxylic acids is 1. The topological polar surface area (TPSA) is 89.9 Å². The number of aromatic hydroxyl groups is 1. The molecular weight excluding hydrogens is 641 g/mol. The summed E-state index contributed by atoms with van der Waals surface area (Å²) >= 11 is 1.47. The smallest absolute Gasteiger partial charge is 0.430 e. The number of carbonyl (C=O) groups excluding carboxylic acids is 2. The van der Waals surface area contributed by atoms with E-state index in [1.165, 1.54) is 28.5 Å². The lowest BCUT2D eigenvalue weighted by molar-refractivity contribution is -0.903. The van der Waals surface area contributed by atoms with Gasteiger partial charge in [-0.25, -0.2) is 0 Å². The van der Waals surface area contributed by atoms with Crippen LogP contribution < -0.4 is 9.84 Å². The summed E-state index contributed by atoms with van der Waals surface area (Å²) in [6, 6.07) is 28.1. The van der Waals surface area contributed by atoms with Crippen LogP contribution in [0.25, 0.3) is 0 Å². The number of carbonyl (C=O) groups is 2. The van der Waals surface area contributed by atoms with E-state index >= 15 is 0 Å². The maximum absolute atomic E-state index is 13.5. The Hall–Kier alpha value is -4.48. The first-order chi connectivity index (χ1) is 22.6. The van der Waals surface area contributed by atoms with Crippen LogP contribution in [-0.4, -0.2) is 59.8 Å². The maximum atomic E-state index is 13.5. The van der Waals surface area contributed by atoms with Gasteiger partial charge in [-0.3, -0.25) is 4.79 Å². The molecule has 5 rings (SSSR count). The standard InChI is InChI=1S/C35H38N2O3S.C2HF3O2/c1-25-11-15-32(19-26(25)2)41-34-21-28(13-16-33(34)38)35(39)36-22-29-12-14-31(20-30(29)23-36)40-18-8-17-37(3,4)24-27-9-6-5-7-10-27;3-2(4,5)1(6)7/h5-7,9-16,19-21H,8,17-18,22-24H2,1-4H3;(H,6,7). The number of phenolic OH excluding ortho intramolecular Hbond substituents is 1. The zero-order chi connectivity index (χ0) is 35.1. The number of aryl methyl sites for hydroxylation is 2. The summed E-state index contributed by atoms with van der Waals surface area (Å²) in [5, 5.41) is 19.3. The first-order valence-electron chi connectivity index (χ1n) is 15.4. The normalized spacial score (nSPS) is 12.6. The molecule has 0 spiro atoms. The number of halogens is 3. The van der Waals surface area contributed by atoms with Gasteiger partial charge in [0, 0.05) is 35.5 Å². The largest absolute Gasteiger partial charge is 0.542 e. The lowest BCUT2D eigenvalue weighted by Gasteiger charge is -2.30. The Kier molecular flexibility index (Phi) is 11.8. The molecule has 1 aliphatic heterocycles. The van der Waals surface area contributed by atoms with Gasteiger partial charge in [0.15, 0.2) is 0 Å². The van der Waals surface area contributed by atoms with Gasteiger partial charge in [0.25, 0.3) is 5.91 Å². The molecule has 4 aromatic carbocycles. The molecule has 4 aromatic rings. The number of fused-ring (bicyclic) bond motifs is 1. The van der Waals surface area contributed by atoms with Crippen LogP contribution in [0.3, 0.4) is 0 Å². The highest BCUT2D eigenvalue weighted by Gasteiger charge is 2.29. The summed E-state index contributed by atoms with van der Waals surface area (Å²) in [4.78, 5) is 25.8. The summed E-state index contributed by atoms with van der Waals surface area (Å²) in [6.45, 7) is 7.96. The highest BCUT2D eigenvalue weighted by Crippen LogP contribution is 2.36. The van der Waals surface area contributed by atoms with Gasteiger partial charge in [0.1, 0.15) is 24.0 Å². The molecule has 0 saturated heterocycles. The lowest BCUT2D eigenvalue weighted by atomic mass is 10.1. The zero-order valence-electron chi connectivity index (χ0n) is 27.3. The molecule has 48 heavy (non-hydrogen) atoms. The van der Waals surface area contributed by atoms with Crippen LogP contribution in [0.1, 0.15) is 44.6 Å². The van der Waals surface area contributed by atoms with E-state index in [0.717, 1.165) is 45.8 Å².